The van der Waals surface area contributed by atoms with E-state index in [0.717, 1.165) is 17.8 Å². The molecule has 100 valence electrons. The quantitative estimate of drug-likeness (QED) is 0.848. The number of carbonyl (C=O) groups excluding carboxylic acids is 1. The molecule has 0 aromatic carbocycles. The smallest absolute Gasteiger partial charge is 0.185 e. The van der Waals surface area contributed by atoms with Crippen LogP contribution in [0.25, 0.3) is 0 Å². The maximum atomic E-state index is 12.5. The van der Waals surface area contributed by atoms with Crippen LogP contribution in [0.5, 0.6) is 0 Å². The SMILES string of the molecule is CCC1CCCCC1C(=O)c1csc(C(C)N)n1. The molecule has 1 aromatic rings. The first-order valence-corrected chi connectivity index (χ1v) is 7.76. The van der Waals surface area contributed by atoms with Crippen molar-refractivity contribution in [2.75, 3.05) is 0 Å². The van der Waals surface area contributed by atoms with E-state index in [1.54, 1.807) is 0 Å². The molecule has 3 nitrogen and oxygen atoms in total. The molecule has 0 amide bonds. The van der Waals surface area contributed by atoms with Gasteiger partial charge in [0.2, 0.25) is 0 Å². The van der Waals surface area contributed by atoms with Gasteiger partial charge in [-0.25, -0.2) is 4.98 Å². The van der Waals surface area contributed by atoms with Crippen LogP contribution in [0.15, 0.2) is 5.38 Å². The van der Waals surface area contributed by atoms with Crippen molar-refractivity contribution in [1.29, 1.82) is 0 Å². The third kappa shape index (κ3) is 2.81. The van der Waals surface area contributed by atoms with E-state index in [9.17, 15) is 4.79 Å². The number of ketones is 1. The number of rotatable bonds is 4. The number of hydrogen-bond donors (Lipinski definition) is 1. The number of Topliss-reactive ketones (excluding diaryl/α,β-unsaturated/α-hetero) is 1. The number of nitrogens with zero attached hydrogens (tertiary/aromatic N) is 1. The zero-order valence-corrected chi connectivity index (χ0v) is 12.0. The molecule has 0 radical (unpaired) electrons. The van der Waals surface area contributed by atoms with Crippen LogP contribution in [0.3, 0.4) is 0 Å². The number of aromatic nitrogens is 1. The molecule has 0 bridgehead atoms. The minimum absolute atomic E-state index is 0.0788. The molecule has 1 saturated carbocycles. The summed E-state index contributed by atoms with van der Waals surface area (Å²) in [7, 11) is 0. The molecule has 2 rings (SSSR count). The zero-order valence-electron chi connectivity index (χ0n) is 11.2. The molecular formula is C14H22N2OS. The highest BCUT2D eigenvalue weighted by Gasteiger charge is 2.31. The number of nitrogens with two attached hydrogens (primary N) is 1. The molecule has 3 atom stereocenters. The average molecular weight is 266 g/mol. The van der Waals surface area contributed by atoms with Gasteiger partial charge in [-0.05, 0) is 25.7 Å². The van der Waals surface area contributed by atoms with Gasteiger partial charge >= 0.3 is 0 Å². The van der Waals surface area contributed by atoms with Gasteiger partial charge < -0.3 is 5.73 Å². The van der Waals surface area contributed by atoms with E-state index >= 15 is 0 Å². The molecule has 0 saturated heterocycles. The molecule has 2 N–H and O–H groups in total. The Hall–Kier alpha value is -0.740. The first kappa shape index (κ1) is 13.7. The number of carbonyl (C=O) groups is 1. The molecule has 4 heteroatoms. The highest BCUT2D eigenvalue weighted by Crippen LogP contribution is 2.34. The molecule has 1 aromatic heterocycles. The van der Waals surface area contributed by atoms with Crippen molar-refractivity contribution in [3.8, 4) is 0 Å². The second kappa shape index (κ2) is 5.93. The largest absolute Gasteiger partial charge is 0.322 e. The highest BCUT2D eigenvalue weighted by molar-refractivity contribution is 7.09. The van der Waals surface area contributed by atoms with Crippen LogP contribution >= 0.6 is 11.3 Å². The Bertz CT molecular complexity index is 414. The van der Waals surface area contributed by atoms with E-state index in [4.69, 9.17) is 5.73 Å². The van der Waals surface area contributed by atoms with Crippen molar-refractivity contribution >= 4 is 17.1 Å². The van der Waals surface area contributed by atoms with Crippen LogP contribution in [-0.4, -0.2) is 10.8 Å². The Balaban J connectivity index is 2.13. The highest BCUT2D eigenvalue weighted by atomic mass is 32.1. The van der Waals surface area contributed by atoms with Crippen molar-refractivity contribution in [2.45, 2.75) is 52.0 Å². The molecule has 0 spiro atoms. The van der Waals surface area contributed by atoms with Crippen LogP contribution < -0.4 is 5.73 Å². The molecule has 1 aliphatic carbocycles. The van der Waals surface area contributed by atoms with Crippen molar-refractivity contribution in [3.63, 3.8) is 0 Å². The summed E-state index contributed by atoms with van der Waals surface area (Å²) >= 11 is 1.50. The van der Waals surface area contributed by atoms with Gasteiger partial charge in [0.25, 0.3) is 0 Å². The van der Waals surface area contributed by atoms with Crippen molar-refractivity contribution in [3.05, 3.63) is 16.1 Å². The van der Waals surface area contributed by atoms with Gasteiger partial charge in [0.15, 0.2) is 5.78 Å². The fourth-order valence-corrected chi connectivity index (χ4v) is 3.61. The molecule has 3 unspecified atom stereocenters. The number of hydrogen-bond acceptors (Lipinski definition) is 4. The van der Waals surface area contributed by atoms with Crippen LogP contribution in [0.2, 0.25) is 0 Å². The summed E-state index contributed by atoms with van der Waals surface area (Å²) in [5.74, 6) is 0.975. The molecular weight excluding hydrogens is 244 g/mol. The van der Waals surface area contributed by atoms with E-state index in [1.165, 1.54) is 30.6 Å². The van der Waals surface area contributed by atoms with Crippen molar-refractivity contribution in [1.82, 2.24) is 4.98 Å². The lowest BCUT2D eigenvalue weighted by atomic mass is 9.75. The minimum Gasteiger partial charge on any atom is -0.322 e. The fourth-order valence-electron chi connectivity index (χ4n) is 2.84. The van der Waals surface area contributed by atoms with E-state index in [0.29, 0.717) is 11.6 Å². The van der Waals surface area contributed by atoms with E-state index in [-0.39, 0.29) is 17.7 Å². The van der Waals surface area contributed by atoms with Gasteiger partial charge in [-0.3, -0.25) is 4.79 Å². The molecule has 18 heavy (non-hydrogen) atoms. The lowest BCUT2D eigenvalue weighted by Crippen LogP contribution is -2.27. The lowest BCUT2D eigenvalue weighted by molar-refractivity contribution is 0.0815. The summed E-state index contributed by atoms with van der Waals surface area (Å²) < 4.78 is 0. The van der Waals surface area contributed by atoms with E-state index in [2.05, 4.69) is 11.9 Å². The molecule has 1 fully saturated rings. The van der Waals surface area contributed by atoms with Gasteiger partial charge in [-0.15, -0.1) is 11.3 Å². The van der Waals surface area contributed by atoms with Crippen LogP contribution in [-0.2, 0) is 0 Å². The Labute approximate surface area is 113 Å². The maximum absolute atomic E-state index is 12.5. The first-order valence-electron chi connectivity index (χ1n) is 6.88. The van der Waals surface area contributed by atoms with Crippen molar-refractivity contribution in [2.24, 2.45) is 17.6 Å². The van der Waals surface area contributed by atoms with E-state index in [1.807, 2.05) is 12.3 Å². The summed E-state index contributed by atoms with van der Waals surface area (Å²) in [6.07, 6.45) is 5.77. The Morgan fingerprint density at radius 2 is 2.28 bits per heavy atom. The molecule has 0 aliphatic heterocycles. The summed E-state index contributed by atoms with van der Waals surface area (Å²) in [4.78, 5) is 16.9. The Kier molecular flexibility index (Phi) is 4.51. The molecule has 1 aliphatic rings. The zero-order chi connectivity index (χ0) is 13.1. The first-order chi connectivity index (χ1) is 8.63. The minimum atomic E-state index is -0.0788. The third-order valence-electron chi connectivity index (χ3n) is 3.93. The Morgan fingerprint density at radius 1 is 1.56 bits per heavy atom. The predicted molar refractivity (Wildman–Crippen MR) is 74.8 cm³/mol. The van der Waals surface area contributed by atoms with Gasteiger partial charge in [0, 0.05) is 11.3 Å². The number of thiazole rings is 1. The predicted octanol–water partition coefficient (Wildman–Crippen LogP) is 3.56. The van der Waals surface area contributed by atoms with Crippen LogP contribution in [0.1, 0.15) is 67.5 Å². The third-order valence-corrected chi connectivity index (χ3v) is 4.98. The topological polar surface area (TPSA) is 56.0 Å². The van der Waals surface area contributed by atoms with Gasteiger partial charge in [0.05, 0.1) is 6.04 Å². The van der Waals surface area contributed by atoms with Gasteiger partial charge in [-0.2, -0.15) is 0 Å². The fraction of sp³-hybridized carbons (Fsp3) is 0.714. The standard InChI is InChI=1S/C14H22N2OS/c1-3-10-6-4-5-7-11(10)13(17)12-8-18-14(16-12)9(2)15/h8-11H,3-7,15H2,1-2H3. The summed E-state index contributed by atoms with van der Waals surface area (Å²) in [6, 6.07) is -0.0788. The van der Waals surface area contributed by atoms with Gasteiger partial charge in [0.1, 0.15) is 10.7 Å². The summed E-state index contributed by atoms with van der Waals surface area (Å²) in [5.41, 5.74) is 6.43. The van der Waals surface area contributed by atoms with Gasteiger partial charge in [-0.1, -0.05) is 26.2 Å². The second-order valence-corrected chi connectivity index (χ2v) is 6.17. The summed E-state index contributed by atoms with van der Waals surface area (Å²) in [6.45, 7) is 4.09. The van der Waals surface area contributed by atoms with Crippen LogP contribution in [0.4, 0.5) is 0 Å². The maximum Gasteiger partial charge on any atom is 0.185 e. The van der Waals surface area contributed by atoms with E-state index < -0.39 is 0 Å². The van der Waals surface area contributed by atoms with Crippen molar-refractivity contribution < 1.29 is 4.79 Å². The van der Waals surface area contributed by atoms with Crippen LogP contribution in [0, 0.1) is 11.8 Å². The molecule has 1 heterocycles. The average Bonchev–Trinajstić information content (AvgIpc) is 2.87. The second-order valence-electron chi connectivity index (χ2n) is 5.28. The normalized spacial score (nSPS) is 25.9. The Morgan fingerprint density at radius 3 is 2.89 bits per heavy atom. The monoisotopic (exact) mass is 266 g/mol. The summed E-state index contributed by atoms with van der Waals surface area (Å²) in [5, 5.41) is 2.74. The lowest BCUT2D eigenvalue weighted by Gasteiger charge is -2.29.